The summed E-state index contributed by atoms with van der Waals surface area (Å²) in [5, 5.41) is 13.1. The molecule has 0 aliphatic carbocycles. The minimum atomic E-state index is 0. The van der Waals surface area contributed by atoms with Crippen molar-refractivity contribution in [3.63, 3.8) is 0 Å². The van der Waals surface area contributed by atoms with Gasteiger partial charge in [0.1, 0.15) is 5.71 Å². The van der Waals surface area contributed by atoms with Crippen molar-refractivity contribution in [2.24, 2.45) is 5.16 Å². The predicted octanol–water partition coefficient (Wildman–Crippen LogP) is 3.32. The van der Waals surface area contributed by atoms with E-state index in [0.29, 0.717) is 6.54 Å². The van der Waals surface area contributed by atoms with E-state index in [9.17, 15) is 5.21 Å². The van der Waals surface area contributed by atoms with E-state index in [-0.39, 0.29) is 12.4 Å². The quantitative estimate of drug-likeness (QED) is 0.479. The smallest absolute Gasteiger partial charge is 0.101 e. The van der Waals surface area contributed by atoms with E-state index in [2.05, 4.69) is 64.5 Å². The van der Waals surface area contributed by atoms with Gasteiger partial charge in [-0.3, -0.25) is 4.90 Å². The number of piperazine rings is 1. The molecule has 0 radical (unpaired) electrons. The molecule has 0 saturated carbocycles. The normalized spacial score (nSPS) is 16.3. The van der Waals surface area contributed by atoms with Crippen molar-refractivity contribution in [1.82, 2.24) is 9.80 Å². The number of aryl methyl sites for hydroxylation is 2. The lowest BCUT2D eigenvalue weighted by Gasteiger charge is -2.32. The summed E-state index contributed by atoms with van der Waals surface area (Å²) in [6, 6.07) is 19.0. The molecule has 1 aliphatic heterocycles. The van der Waals surface area contributed by atoms with Crippen LogP contribution in [0.4, 0.5) is 0 Å². The molecule has 5 heteroatoms. The van der Waals surface area contributed by atoms with Gasteiger partial charge in [-0.1, -0.05) is 53.7 Å². The molecule has 1 saturated heterocycles. The number of likely N-dealkylation sites (N-methyl/N-ethyl adjacent to an activating group) is 1. The fourth-order valence-corrected chi connectivity index (χ4v) is 3.24. The number of hydrogen-bond donors (Lipinski definition) is 1. The van der Waals surface area contributed by atoms with Crippen LogP contribution in [0, 0.1) is 0 Å². The molecule has 1 heterocycles. The van der Waals surface area contributed by atoms with Crippen LogP contribution in [0.15, 0.2) is 59.8 Å². The second-order valence-corrected chi connectivity index (χ2v) is 6.81. The third kappa shape index (κ3) is 5.84. The summed E-state index contributed by atoms with van der Waals surface area (Å²) in [6.07, 6.45) is 2.01. The lowest BCUT2D eigenvalue weighted by Crippen LogP contribution is -2.46. The topological polar surface area (TPSA) is 39.1 Å². The highest BCUT2D eigenvalue weighted by molar-refractivity contribution is 6.01. The van der Waals surface area contributed by atoms with Crippen molar-refractivity contribution >= 4 is 18.1 Å². The van der Waals surface area contributed by atoms with Gasteiger partial charge in [-0.15, -0.1) is 12.4 Å². The molecular weight excluding hydrogens is 346 g/mol. The minimum Gasteiger partial charge on any atom is -0.411 e. The Balaban J connectivity index is 0.00000243. The number of halogens is 1. The van der Waals surface area contributed by atoms with Crippen molar-refractivity contribution in [1.29, 1.82) is 0 Å². The zero-order chi connectivity index (χ0) is 17.5. The van der Waals surface area contributed by atoms with E-state index in [1.165, 1.54) is 11.1 Å². The summed E-state index contributed by atoms with van der Waals surface area (Å²) in [5.41, 5.74) is 4.40. The van der Waals surface area contributed by atoms with E-state index in [0.717, 1.165) is 50.3 Å². The highest BCUT2D eigenvalue weighted by Gasteiger charge is 2.17. The van der Waals surface area contributed by atoms with E-state index in [4.69, 9.17) is 0 Å². The van der Waals surface area contributed by atoms with E-state index < -0.39 is 0 Å². The van der Waals surface area contributed by atoms with Gasteiger partial charge in [-0.05, 0) is 37.1 Å². The zero-order valence-electron chi connectivity index (χ0n) is 15.3. The second kappa shape index (κ2) is 10.3. The lowest BCUT2D eigenvalue weighted by molar-refractivity contribution is 0.169. The molecule has 3 rings (SSSR count). The highest BCUT2D eigenvalue weighted by atomic mass is 35.5. The van der Waals surface area contributed by atoms with Gasteiger partial charge < -0.3 is 10.1 Å². The monoisotopic (exact) mass is 373 g/mol. The minimum absolute atomic E-state index is 0. The number of rotatable bonds is 6. The first-order valence-electron chi connectivity index (χ1n) is 8.99. The van der Waals surface area contributed by atoms with Crippen LogP contribution in [0.1, 0.15) is 16.7 Å². The summed E-state index contributed by atoms with van der Waals surface area (Å²) in [7, 11) is 2.15. The molecule has 2 aromatic rings. The standard InChI is InChI=1S/C21H27N3O.ClH/c1-23-12-14-24(15-13-23)17-21(22-25)20-9-5-8-19(16-20)11-10-18-6-3-2-4-7-18;/h2-9,16,25H,10-15,17H2,1H3;1H. The second-order valence-electron chi connectivity index (χ2n) is 6.81. The van der Waals surface area contributed by atoms with Gasteiger partial charge in [-0.25, -0.2) is 0 Å². The average molecular weight is 374 g/mol. The maximum atomic E-state index is 9.51. The Bertz CT molecular complexity index is 697. The van der Waals surface area contributed by atoms with Crippen LogP contribution < -0.4 is 0 Å². The molecule has 140 valence electrons. The third-order valence-corrected chi connectivity index (χ3v) is 4.90. The molecule has 26 heavy (non-hydrogen) atoms. The molecule has 2 aromatic carbocycles. The molecule has 1 aliphatic rings. The van der Waals surface area contributed by atoms with Crippen LogP contribution in [0.3, 0.4) is 0 Å². The molecule has 0 aromatic heterocycles. The van der Waals surface area contributed by atoms with E-state index in [1.807, 2.05) is 12.1 Å². The van der Waals surface area contributed by atoms with Gasteiger partial charge in [0.15, 0.2) is 0 Å². The first kappa shape index (κ1) is 20.4. The maximum Gasteiger partial charge on any atom is 0.101 e. The van der Waals surface area contributed by atoms with Gasteiger partial charge in [-0.2, -0.15) is 0 Å². The van der Waals surface area contributed by atoms with Gasteiger partial charge in [0, 0.05) is 38.3 Å². The summed E-state index contributed by atoms with van der Waals surface area (Å²) in [6.45, 7) is 4.87. The summed E-state index contributed by atoms with van der Waals surface area (Å²) < 4.78 is 0. The molecule has 1 N–H and O–H groups in total. The van der Waals surface area contributed by atoms with Crippen LogP contribution in [0.2, 0.25) is 0 Å². The molecule has 0 spiro atoms. The first-order chi connectivity index (χ1) is 12.2. The summed E-state index contributed by atoms with van der Waals surface area (Å²) >= 11 is 0. The van der Waals surface area contributed by atoms with Crippen LogP contribution in [0.25, 0.3) is 0 Å². The van der Waals surface area contributed by atoms with Crippen molar-refractivity contribution in [2.45, 2.75) is 12.8 Å². The van der Waals surface area contributed by atoms with Gasteiger partial charge in [0.2, 0.25) is 0 Å². The van der Waals surface area contributed by atoms with Crippen molar-refractivity contribution < 1.29 is 5.21 Å². The van der Waals surface area contributed by atoms with Crippen molar-refractivity contribution in [3.05, 3.63) is 71.3 Å². The Hall–Kier alpha value is -1.88. The lowest BCUT2D eigenvalue weighted by atomic mass is 10.0. The Morgan fingerprint density at radius 3 is 2.27 bits per heavy atom. The number of oxime groups is 1. The van der Waals surface area contributed by atoms with Gasteiger partial charge in [0.25, 0.3) is 0 Å². The average Bonchev–Trinajstić information content (AvgIpc) is 2.67. The first-order valence-corrected chi connectivity index (χ1v) is 8.99. The van der Waals surface area contributed by atoms with Crippen molar-refractivity contribution in [2.75, 3.05) is 39.8 Å². The fraction of sp³-hybridized carbons (Fsp3) is 0.381. The van der Waals surface area contributed by atoms with Crippen LogP contribution in [0.5, 0.6) is 0 Å². The largest absolute Gasteiger partial charge is 0.411 e. The highest BCUT2D eigenvalue weighted by Crippen LogP contribution is 2.12. The Morgan fingerprint density at radius 2 is 1.58 bits per heavy atom. The molecule has 1 fully saturated rings. The van der Waals surface area contributed by atoms with E-state index >= 15 is 0 Å². The molecule has 0 atom stereocenters. The van der Waals surface area contributed by atoms with Crippen LogP contribution in [-0.4, -0.2) is 60.5 Å². The Labute approximate surface area is 162 Å². The fourth-order valence-electron chi connectivity index (χ4n) is 3.24. The Morgan fingerprint density at radius 1 is 0.923 bits per heavy atom. The third-order valence-electron chi connectivity index (χ3n) is 4.90. The molecule has 0 unspecified atom stereocenters. The molecule has 0 bridgehead atoms. The number of benzene rings is 2. The molecule has 0 amide bonds. The molecule has 4 nitrogen and oxygen atoms in total. The zero-order valence-corrected chi connectivity index (χ0v) is 16.2. The number of nitrogens with zero attached hydrogens (tertiary/aromatic N) is 3. The molecular formula is C21H28ClN3O. The van der Waals surface area contributed by atoms with Gasteiger partial charge >= 0.3 is 0 Å². The van der Waals surface area contributed by atoms with Crippen LogP contribution >= 0.6 is 12.4 Å². The van der Waals surface area contributed by atoms with Crippen LogP contribution in [-0.2, 0) is 12.8 Å². The van der Waals surface area contributed by atoms with Gasteiger partial charge in [0.05, 0.1) is 0 Å². The van der Waals surface area contributed by atoms with E-state index in [1.54, 1.807) is 0 Å². The Kier molecular flexibility index (Phi) is 8.10. The predicted molar refractivity (Wildman–Crippen MR) is 110 cm³/mol. The summed E-state index contributed by atoms with van der Waals surface area (Å²) in [5.74, 6) is 0. The maximum absolute atomic E-state index is 9.51. The number of hydrogen-bond acceptors (Lipinski definition) is 4. The van der Waals surface area contributed by atoms with Crippen molar-refractivity contribution in [3.8, 4) is 0 Å². The SMILES string of the molecule is CN1CCN(CC(=NO)c2cccc(CCc3ccccc3)c2)CC1.Cl. The summed E-state index contributed by atoms with van der Waals surface area (Å²) in [4.78, 5) is 4.68.